The average molecular weight is 601 g/mol. The molecule has 0 aromatic heterocycles. The van der Waals surface area contributed by atoms with E-state index in [1.54, 1.807) is 36.4 Å². The molecule has 0 bridgehead atoms. The van der Waals surface area contributed by atoms with E-state index in [1.165, 1.54) is 24.3 Å². The second kappa shape index (κ2) is 12.9. The van der Waals surface area contributed by atoms with Gasteiger partial charge in [-0.05, 0) is 114 Å². The van der Waals surface area contributed by atoms with Gasteiger partial charge in [-0.15, -0.1) is 0 Å². The lowest BCUT2D eigenvalue weighted by atomic mass is 9.99. The number of hydrogen-bond acceptors (Lipinski definition) is 7. The lowest BCUT2D eigenvalue weighted by Crippen LogP contribution is -2.09. The number of hydrogen-bond donors (Lipinski definition) is 0. The Morgan fingerprint density at radius 1 is 0.750 bits per heavy atom. The van der Waals surface area contributed by atoms with Crippen LogP contribution in [0.4, 0.5) is 8.78 Å². The van der Waals surface area contributed by atoms with Gasteiger partial charge >= 0.3 is 18.6 Å². The molecule has 0 N–H and O–H groups in total. The molecule has 0 amide bonds. The highest BCUT2D eigenvalue weighted by atomic mass is 19.3. The fourth-order valence-corrected chi connectivity index (χ4v) is 5.27. The second-order valence-corrected chi connectivity index (χ2v) is 10.7. The highest BCUT2D eigenvalue weighted by molar-refractivity contribution is 5.92. The van der Waals surface area contributed by atoms with E-state index in [4.69, 9.17) is 18.9 Å². The van der Waals surface area contributed by atoms with Crippen molar-refractivity contribution in [3.63, 3.8) is 0 Å². The molecular weight excluding hydrogens is 570 g/mol. The number of benzene rings is 4. The number of fused-ring (bicyclic) bond motifs is 3. The molecule has 44 heavy (non-hydrogen) atoms. The Morgan fingerprint density at radius 2 is 1.25 bits per heavy atom. The van der Waals surface area contributed by atoms with Crippen molar-refractivity contribution in [2.24, 2.45) is 0 Å². The molecule has 7 nitrogen and oxygen atoms in total. The number of carbonyl (C=O) groups is 2. The smallest absolute Gasteiger partial charge is 0.387 e. The van der Waals surface area contributed by atoms with Gasteiger partial charge in [0.05, 0.1) is 30.4 Å². The molecule has 6 rings (SSSR count). The number of epoxide rings is 1. The molecule has 0 saturated carbocycles. The van der Waals surface area contributed by atoms with Gasteiger partial charge in [-0.2, -0.15) is 8.78 Å². The maximum absolute atomic E-state index is 12.9. The molecule has 0 radical (unpaired) electrons. The standard InChI is InChI=1S/C35H30F2O7/c1-21-31-18-26(42-33(38)22-5-9-24(10-6-22)40-17-3-2-4-28-20-41-28)13-15-29(31)30-16-14-27(19-32(21)30)43-34(39)23-7-11-25(12-8-23)44-35(36)37/h5-16,18-19,21,28,35H,2-4,17,20H2,1H3. The normalized spacial score (nSPS) is 16.2. The van der Waals surface area contributed by atoms with Crippen LogP contribution in [0.1, 0.15) is 63.9 Å². The number of esters is 2. The van der Waals surface area contributed by atoms with E-state index in [2.05, 4.69) is 4.74 Å². The molecule has 1 aliphatic heterocycles. The van der Waals surface area contributed by atoms with E-state index in [-0.39, 0.29) is 17.2 Å². The SMILES string of the molecule is CC1c2cc(OC(=O)c3ccc(OCCCCC4CO4)cc3)ccc2-c2ccc(OC(=O)c3ccc(OC(F)F)cc3)cc21. The van der Waals surface area contributed by atoms with Crippen molar-refractivity contribution >= 4 is 11.9 Å². The number of rotatable bonds is 12. The van der Waals surface area contributed by atoms with Crippen molar-refractivity contribution in [2.45, 2.75) is 44.8 Å². The third-order valence-electron chi connectivity index (χ3n) is 7.69. The lowest BCUT2D eigenvalue weighted by Gasteiger charge is -2.11. The van der Waals surface area contributed by atoms with Crippen molar-refractivity contribution in [1.29, 1.82) is 0 Å². The molecule has 2 atom stereocenters. The zero-order chi connectivity index (χ0) is 30.6. The van der Waals surface area contributed by atoms with E-state index < -0.39 is 18.6 Å². The van der Waals surface area contributed by atoms with E-state index in [0.29, 0.717) is 35.5 Å². The van der Waals surface area contributed by atoms with Crippen LogP contribution in [0.25, 0.3) is 11.1 Å². The number of unbranched alkanes of at least 4 members (excludes halogenated alkanes) is 1. The van der Waals surface area contributed by atoms with Crippen LogP contribution < -0.4 is 18.9 Å². The minimum Gasteiger partial charge on any atom is -0.494 e. The van der Waals surface area contributed by atoms with Crippen molar-refractivity contribution in [2.75, 3.05) is 13.2 Å². The van der Waals surface area contributed by atoms with Gasteiger partial charge in [0, 0.05) is 5.92 Å². The molecule has 1 fully saturated rings. The fourth-order valence-electron chi connectivity index (χ4n) is 5.27. The van der Waals surface area contributed by atoms with E-state index in [9.17, 15) is 18.4 Å². The number of halogens is 2. The quantitative estimate of drug-likeness (QED) is 0.0710. The molecule has 2 unspecified atom stereocenters. The summed E-state index contributed by atoms with van der Waals surface area (Å²) in [5.74, 6) is 0.312. The van der Waals surface area contributed by atoms with Crippen LogP contribution in [0.3, 0.4) is 0 Å². The van der Waals surface area contributed by atoms with Crippen LogP contribution in [0.15, 0.2) is 84.9 Å². The second-order valence-electron chi connectivity index (χ2n) is 10.7. The first-order chi connectivity index (χ1) is 21.3. The topological polar surface area (TPSA) is 83.6 Å². The maximum Gasteiger partial charge on any atom is 0.387 e. The molecule has 2 aliphatic rings. The molecular formula is C35H30F2O7. The predicted molar refractivity (Wildman–Crippen MR) is 158 cm³/mol. The monoisotopic (exact) mass is 600 g/mol. The minimum atomic E-state index is -2.95. The van der Waals surface area contributed by atoms with Crippen molar-refractivity contribution < 1.29 is 42.1 Å². The molecule has 1 aliphatic carbocycles. The first-order valence-electron chi connectivity index (χ1n) is 14.5. The van der Waals surface area contributed by atoms with Crippen molar-refractivity contribution in [1.82, 2.24) is 0 Å². The third kappa shape index (κ3) is 6.89. The third-order valence-corrected chi connectivity index (χ3v) is 7.69. The Bertz CT molecular complexity index is 1650. The summed E-state index contributed by atoms with van der Waals surface area (Å²) in [6.45, 7) is 0.578. The number of carbonyl (C=O) groups excluding carboxylic acids is 2. The summed E-state index contributed by atoms with van der Waals surface area (Å²) in [7, 11) is 0. The van der Waals surface area contributed by atoms with E-state index in [1.807, 2.05) is 31.2 Å². The Labute approximate surface area is 253 Å². The maximum atomic E-state index is 12.9. The fraction of sp³-hybridized carbons (Fsp3) is 0.257. The number of alkyl halides is 2. The molecule has 226 valence electrons. The van der Waals surface area contributed by atoms with Crippen molar-refractivity contribution in [3.05, 3.63) is 107 Å². The van der Waals surface area contributed by atoms with Gasteiger partial charge in [0.2, 0.25) is 0 Å². The minimum absolute atomic E-state index is 0.0451. The summed E-state index contributed by atoms with van der Waals surface area (Å²) >= 11 is 0. The van der Waals surface area contributed by atoms with Gasteiger partial charge < -0.3 is 23.7 Å². The van der Waals surface area contributed by atoms with Crippen LogP contribution in [0.5, 0.6) is 23.0 Å². The average Bonchev–Trinajstić information content (AvgIpc) is 3.81. The Kier molecular flexibility index (Phi) is 8.56. The van der Waals surface area contributed by atoms with Crippen LogP contribution in [-0.4, -0.2) is 37.9 Å². The Morgan fingerprint density at radius 3 is 1.75 bits per heavy atom. The van der Waals surface area contributed by atoms with E-state index in [0.717, 1.165) is 48.1 Å². The number of ether oxygens (including phenoxy) is 5. The predicted octanol–water partition coefficient (Wildman–Crippen LogP) is 7.81. The Hall–Kier alpha value is -4.76. The summed E-state index contributed by atoms with van der Waals surface area (Å²) < 4.78 is 51.3. The first-order valence-corrected chi connectivity index (χ1v) is 14.5. The molecule has 1 saturated heterocycles. The molecule has 9 heteroatoms. The molecule has 4 aromatic rings. The van der Waals surface area contributed by atoms with Gasteiger partial charge in [0.25, 0.3) is 0 Å². The molecule has 1 heterocycles. The van der Waals surface area contributed by atoms with Crippen LogP contribution in [-0.2, 0) is 4.74 Å². The summed E-state index contributed by atoms with van der Waals surface area (Å²) in [4.78, 5) is 25.5. The van der Waals surface area contributed by atoms with Gasteiger partial charge in [0.15, 0.2) is 0 Å². The van der Waals surface area contributed by atoms with E-state index >= 15 is 0 Å². The summed E-state index contributed by atoms with van der Waals surface area (Å²) in [5.41, 5.74) is 4.57. The van der Waals surface area contributed by atoms with Gasteiger partial charge in [0.1, 0.15) is 23.0 Å². The van der Waals surface area contributed by atoms with Gasteiger partial charge in [-0.25, -0.2) is 9.59 Å². The van der Waals surface area contributed by atoms with Crippen molar-refractivity contribution in [3.8, 4) is 34.1 Å². The molecule has 4 aromatic carbocycles. The highest BCUT2D eigenvalue weighted by Crippen LogP contribution is 2.47. The lowest BCUT2D eigenvalue weighted by molar-refractivity contribution is -0.0498. The largest absolute Gasteiger partial charge is 0.494 e. The molecule has 0 spiro atoms. The van der Waals surface area contributed by atoms with Gasteiger partial charge in [-0.3, -0.25) is 0 Å². The highest BCUT2D eigenvalue weighted by Gasteiger charge is 2.27. The van der Waals surface area contributed by atoms with Gasteiger partial charge in [-0.1, -0.05) is 19.1 Å². The summed E-state index contributed by atoms with van der Waals surface area (Å²) in [6.07, 6.45) is 3.52. The zero-order valence-electron chi connectivity index (χ0n) is 24.0. The summed E-state index contributed by atoms with van der Waals surface area (Å²) in [6, 6.07) is 23.2. The van der Waals surface area contributed by atoms with Crippen LogP contribution in [0, 0.1) is 0 Å². The van der Waals surface area contributed by atoms with Crippen LogP contribution >= 0.6 is 0 Å². The first kappa shape index (κ1) is 29.3. The summed E-state index contributed by atoms with van der Waals surface area (Å²) in [5, 5.41) is 0. The zero-order valence-corrected chi connectivity index (χ0v) is 24.0. The Balaban J connectivity index is 1.06. The van der Waals surface area contributed by atoms with Crippen LogP contribution in [0.2, 0.25) is 0 Å².